The topological polar surface area (TPSA) is 155 Å². The Hall–Kier alpha value is -3.49. The van der Waals surface area contributed by atoms with Gasteiger partial charge in [-0.05, 0) is 97.5 Å². The summed E-state index contributed by atoms with van der Waals surface area (Å²) < 4.78 is 0. The molecule has 2 aromatic rings. The van der Waals surface area contributed by atoms with Crippen LogP contribution in [0.2, 0.25) is 6.82 Å². The van der Waals surface area contributed by atoms with E-state index in [-0.39, 0.29) is 36.3 Å². The minimum Gasteiger partial charge on any atom is -0.437 e. The predicted octanol–water partition coefficient (Wildman–Crippen LogP) is 2.81. The van der Waals surface area contributed by atoms with E-state index < -0.39 is 18.1 Å². The maximum Gasteiger partial charge on any atom is 0.376 e. The van der Waals surface area contributed by atoms with Gasteiger partial charge in [0.1, 0.15) is 11.1 Å². The molecule has 5 N–H and O–H groups in total. The number of aryl methyl sites for hydroxylation is 4. The summed E-state index contributed by atoms with van der Waals surface area (Å²) in [7, 11) is 0.473. The Morgan fingerprint density at radius 1 is 0.667 bits per heavy atom. The molecule has 4 aliphatic heterocycles. The molecule has 0 bridgehead atoms. The first kappa shape index (κ1) is 39.0. The average molecular weight is 685 g/mol. The van der Waals surface area contributed by atoms with Crippen molar-refractivity contribution in [1.29, 1.82) is 0 Å². The number of nitrogens with one attached hydrogen (secondary N) is 3. The highest BCUT2D eigenvalue weighted by molar-refractivity contribution is 6.45. The van der Waals surface area contributed by atoms with Crippen LogP contribution in [0.5, 0.6) is 0 Å². The van der Waals surface area contributed by atoms with Crippen molar-refractivity contribution in [2.75, 3.05) is 33.3 Å². The fourth-order valence-corrected chi connectivity index (χ4v) is 7.14. The van der Waals surface area contributed by atoms with E-state index in [1.165, 1.54) is 9.80 Å². The largest absolute Gasteiger partial charge is 0.437 e. The number of halogens is 1. The zero-order valence-corrected chi connectivity index (χ0v) is 29.7. The molecule has 0 saturated carbocycles. The molecule has 2 spiro atoms. The van der Waals surface area contributed by atoms with E-state index in [2.05, 4.69) is 28.1 Å². The summed E-state index contributed by atoms with van der Waals surface area (Å²) in [6.45, 7) is 13.2. The molecule has 48 heavy (non-hydrogen) atoms. The summed E-state index contributed by atoms with van der Waals surface area (Å²) in [5, 5.41) is 25.7. The number of benzene rings is 2. The van der Waals surface area contributed by atoms with Crippen LogP contribution in [0.25, 0.3) is 0 Å². The molecule has 0 radical (unpaired) electrons. The first-order valence-corrected chi connectivity index (χ1v) is 16.3. The molecule has 4 heterocycles. The summed E-state index contributed by atoms with van der Waals surface area (Å²) in [4.78, 5) is 54.8. The van der Waals surface area contributed by atoms with Crippen LogP contribution in [-0.4, -0.2) is 100 Å². The molecular formula is C34H50BClN6O6. The molecule has 0 unspecified atom stereocenters. The quantitative estimate of drug-likeness (QED) is 0.238. The Morgan fingerprint density at radius 3 is 1.38 bits per heavy atom. The normalized spacial score (nSPS) is 19.6. The zero-order chi connectivity index (χ0) is 34.5. The first-order valence-electron chi connectivity index (χ1n) is 16.3. The number of carbonyl (C=O) groups is 4. The summed E-state index contributed by atoms with van der Waals surface area (Å²) in [5.74, 6) is -0.218. The Morgan fingerprint density at radius 2 is 1.02 bits per heavy atom. The molecule has 4 fully saturated rings. The lowest BCUT2D eigenvalue weighted by molar-refractivity contribution is -0.133. The van der Waals surface area contributed by atoms with Crippen LogP contribution in [0, 0.1) is 27.7 Å². The number of urea groups is 2. The molecule has 14 heteroatoms. The number of imide groups is 2. The van der Waals surface area contributed by atoms with Crippen molar-refractivity contribution in [2.24, 2.45) is 0 Å². The van der Waals surface area contributed by atoms with E-state index >= 15 is 0 Å². The maximum absolute atomic E-state index is 12.9. The van der Waals surface area contributed by atoms with Gasteiger partial charge in [-0.2, -0.15) is 0 Å². The van der Waals surface area contributed by atoms with Gasteiger partial charge in [0.2, 0.25) is 0 Å². The standard InChI is InChI=1S/C17H24BN3O3.C16H21N3O2.CH4O.ClH/c1-12-8-13(2)10-14(9-12)11-21-15(22)17(19-16(21)23)4-6-20(7-5-17)18(3)24;1-11-7-12(2)9-13(8-11)10-19-14(20)16(18-15(19)21)3-5-17-6-4-16;1-2;/h8-10,24H,4-7,11H2,1-3H3,(H,19,23);7-9,17H,3-6,10H2,1-2H3,(H,18,21);2H,1H3;1H. The summed E-state index contributed by atoms with van der Waals surface area (Å²) in [6, 6.07) is 11.7. The van der Waals surface area contributed by atoms with Crippen LogP contribution in [0.15, 0.2) is 36.4 Å². The van der Waals surface area contributed by atoms with Gasteiger partial charge >= 0.3 is 19.1 Å². The first-order chi connectivity index (χ1) is 22.3. The zero-order valence-electron chi connectivity index (χ0n) is 28.9. The van der Waals surface area contributed by atoms with E-state index in [4.69, 9.17) is 5.11 Å². The summed E-state index contributed by atoms with van der Waals surface area (Å²) in [5.41, 5.74) is 5.02. The SMILES string of the molecule is CB(O)N1CCC2(CC1)NC(=O)N(Cc1cc(C)cc(C)c1)C2=O.CO.Cc1cc(C)cc(CN2C(=O)NC3(CCNCC3)C2=O)c1.Cl. The number of hydrogen-bond acceptors (Lipinski definition) is 8. The van der Waals surface area contributed by atoms with Crippen LogP contribution >= 0.6 is 12.4 Å². The van der Waals surface area contributed by atoms with Crippen molar-refractivity contribution in [2.45, 2.75) is 84.4 Å². The lowest BCUT2D eigenvalue weighted by Gasteiger charge is -2.37. The van der Waals surface area contributed by atoms with Gasteiger partial charge in [0.05, 0.1) is 13.1 Å². The summed E-state index contributed by atoms with van der Waals surface area (Å²) >= 11 is 0. The van der Waals surface area contributed by atoms with Crippen molar-refractivity contribution in [3.8, 4) is 0 Å². The molecular weight excluding hydrogens is 635 g/mol. The third-order valence-corrected chi connectivity index (χ3v) is 9.37. The molecule has 262 valence electrons. The van der Waals surface area contributed by atoms with E-state index in [1.54, 1.807) is 6.82 Å². The van der Waals surface area contributed by atoms with Crippen LogP contribution < -0.4 is 16.0 Å². The molecule has 12 nitrogen and oxygen atoms in total. The van der Waals surface area contributed by atoms with Gasteiger partial charge in [-0.3, -0.25) is 19.4 Å². The highest BCUT2D eigenvalue weighted by atomic mass is 35.5. The van der Waals surface area contributed by atoms with E-state index in [0.717, 1.165) is 53.6 Å². The van der Waals surface area contributed by atoms with Crippen molar-refractivity contribution in [3.05, 3.63) is 69.8 Å². The monoisotopic (exact) mass is 684 g/mol. The molecule has 0 aromatic heterocycles. The van der Waals surface area contributed by atoms with E-state index in [9.17, 15) is 24.2 Å². The average Bonchev–Trinajstić information content (AvgIpc) is 3.37. The third-order valence-electron chi connectivity index (χ3n) is 9.37. The minimum atomic E-state index is -0.804. The number of aliphatic hydroxyl groups is 1. The number of piperidine rings is 2. The minimum absolute atomic E-state index is 0. The van der Waals surface area contributed by atoms with Crippen LogP contribution in [0.4, 0.5) is 9.59 Å². The number of nitrogens with zero attached hydrogens (tertiary/aromatic N) is 3. The number of amides is 6. The molecule has 0 atom stereocenters. The van der Waals surface area contributed by atoms with Crippen LogP contribution in [0.3, 0.4) is 0 Å². The number of carbonyl (C=O) groups excluding carboxylic acids is 4. The fourth-order valence-electron chi connectivity index (χ4n) is 7.14. The van der Waals surface area contributed by atoms with Gasteiger partial charge in [0.25, 0.3) is 11.8 Å². The van der Waals surface area contributed by atoms with Gasteiger partial charge in [-0.25, -0.2) is 9.59 Å². The van der Waals surface area contributed by atoms with Gasteiger partial charge < -0.3 is 30.9 Å². The third kappa shape index (κ3) is 8.56. The van der Waals surface area contributed by atoms with Crippen LogP contribution in [-0.2, 0) is 22.7 Å². The molecule has 6 rings (SSSR count). The molecule has 6 amide bonds. The van der Waals surface area contributed by atoms with Crippen molar-refractivity contribution >= 4 is 43.3 Å². The van der Waals surface area contributed by atoms with E-state index in [0.29, 0.717) is 51.9 Å². The highest BCUT2D eigenvalue weighted by Gasteiger charge is 2.53. The van der Waals surface area contributed by atoms with Gasteiger partial charge in [0.15, 0.2) is 0 Å². The number of hydrogen-bond donors (Lipinski definition) is 5. The molecule has 4 saturated heterocycles. The van der Waals surface area contributed by atoms with E-state index in [1.807, 2.05) is 56.8 Å². The van der Waals surface area contributed by atoms with Gasteiger partial charge in [-0.1, -0.05) is 58.7 Å². The van der Waals surface area contributed by atoms with Crippen molar-refractivity contribution in [3.63, 3.8) is 0 Å². The van der Waals surface area contributed by atoms with Gasteiger partial charge in [-0.15, -0.1) is 12.4 Å². The van der Waals surface area contributed by atoms with Crippen molar-refractivity contribution in [1.82, 2.24) is 30.6 Å². The number of rotatable bonds is 5. The molecule has 4 aliphatic rings. The summed E-state index contributed by atoms with van der Waals surface area (Å²) in [6.07, 6.45) is 2.40. The molecule has 0 aliphatic carbocycles. The smallest absolute Gasteiger partial charge is 0.376 e. The fraction of sp³-hybridized carbons (Fsp3) is 0.529. The lowest BCUT2D eigenvalue weighted by Crippen LogP contribution is -2.57. The second-order valence-corrected chi connectivity index (χ2v) is 13.2. The van der Waals surface area contributed by atoms with Gasteiger partial charge in [0, 0.05) is 7.11 Å². The highest BCUT2D eigenvalue weighted by Crippen LogP contribution is 2.31. The van der Waals surface area contributed by atoms with Crippen molar-refractivity contribution < 1.29 is 29.3 Å². The Bertz CT molecular complexity index is 1450. The Balaban J connectivity index is 0.000000245. The second-order valence-electron chi connectivity index (χ2n) is 13.2. The lowest BCUT2D eigenvalue weighted by atomic mass is 9.78. The number of aliphatic hydroxyl groups excluding tert-OH is 1. The Labute approximate surface area is 290 Å². The predicted molar refractivity (Wildman–Crippen MR) is 188 cm³/mol. The maximum atomic E-state index is 12.9. The molecule has 2 aromatic carbocycles. The second kappa shape index (κ2) is 16.3. The Kier molecular flexibility index (Phi) is 13.2. The van der Waals surface area contributed by atoms with Crippen LogP contribution in [0.1, 0.15) is 59.1 Å².